The van der Waals surface area contributed by atoms with Crippen LogP contribution in [0.1, 0.15) is 16.7 Å². The molecule has 0 atom stereocenters. The van der Waals surface area contributed by atoms with Crippen LogP contribution in [0.25, 0.3) is 0 Å². The second-order valence-electron chi connectivity index (χ2n) is 4.37. The summed E-state index contributed by atoms with van der Waals surface area (Å²) in [7, 11) is -3.81. The van der Waals surface area contributed by atoms with Crippen molar-refractivity contribution in [1.82, 2.24) is 10.3 Å². The normalized spacial score (nSPS) is 11.6. The third-order valence-corrected chi connectivity index (χ3v) is 5.45. The molecule has 5 nitrogen and oxygen atoms in total. The Morgan fingerprint density at radius 3 is 2.86 bits per heavy atom. The molecular formula is C13H16FN3O2S2. The van der Waals surface area contributed by atoms with Gasteiger partial charge in [0.2, 0.25) is 0 Å². The predicted molar refractivity (Wildman–Crippen MR) is 81.4 cm³/mol. The molecule has 2 aromatic rings. The van der Waals surface area contributed by atoms with Crippen molar-refractivity contribution < 1.29 is 12.8 Å². The highest BCUT2D eigenvalue weighted by atomic mass is 32.2. The van der Waals surface area contributed by atoms with E-state index in [4.69, 9.17) is 0 Å². The van der Waals surface area contributed by atoms with Gasteiger partial charge in [0, 0.05) is 22.5 Å². The van der Waals surface area contributed by atoms with Crippen molar-refractivity contribution in [1.29, 1.82) is 0 Å². The van der Waals surface area contributed by atoms with E-state index in [1.165, 1.54) is 23.6 Å². The van der Waals surface area contributed by atoms with E-state index in [1.54, 1.807) is 13.0 Å². The lowest BCUT2D eigenvalue weighted by atomic mass is 10.4. The number of nitrogens with zero attached hydrogens (tertiary/aromatic N) is 1. The van der Waals surface area contributed by atoms with Gasteiger partial charge in [-0.25, -0.2) is 12.8 Å². The molecule has 21 heavy (non-hydrogen) atoms. The van der Waals surface area contributed by atoms with Crippen LogP contribution in [0.3, 0.4) is 0 Å². The van der Waals surface area contributed by atoms with Crippen molar-refractivity contribution >= 4 is 27.0 Å². The third-order valence-electron chi connectivity index (χ3n) is 2.78. The van der Waals surface area contributed by atoms with E-state index in [0.29, 0.717) is 11.4 Å². The quantitative estimate of drug-likeness (QED) is 0.854. The number of aryl methyl sites for hydroxylation is 1. The highest BCUT2D eigenvalue weighted by molar-refractivity contribution is 7.93. The lowest BCUT2D eigenvalue weighted by Gasteiger charge is -2.07. The van der Waals surface area contributed by atoms with Crippen molar-refractivity contribution in [2.75, 3.05) is 11.3 Å². The number of anilines is 1. The fourth-order valence-electron chi connectivity index (χ4n) is 1.78. The van der Waals surface area contributed by atoms with E-state index in [0.717, 1.165) is 17.6 Å². The van der Waals surface area contributed by atoms with Gasteiger partial charge >= 0.3 is 0 Å². The maximum Gasteiger partial charge on any atom is 0.263 e. The standard InChI is InChI=1S/C13H16FN3O2S2/c1-3-15-7-10-6-13(9(2)20-10)21(18,19)17-12-4-5-16-8-11(12)14/h4-6,8,15H,3,7H2,1-2H3,(H,16,17). The molecule has 0 aliphatic rings. The van der Waals surface area contributed by atoms with Crippen LogP contribution in [-0.2, 0) is 16.6 Å². The minimum absolute atomic E-state index is 0.108. The largest absolute Gasteiger partial charge is 0.312 e. The average Bonchev–Trinajstić information content (AvgIpc) is 2.81. The van der Waals surface area contributed by atoms with E-state index in [9.17, 15) is 12.8 Å². The minimum Gasteiger partial charge on any atom is -0.312 e. The Labute approximate surface area is 127 Å². The molecular weight excluding hydrogens is 313 g/mol. The number of rotatable bonds is 6. The van der Waals surface area contributed by atoms with Crippen LogP contribution >= 0.6 is 11.3 Å². The molecule has 114 valence electrons. The molecule has 0 radical (unpaired) electrons. The van der Waals surface area contributed by atoms with Gasteiger partial charge in [-0.05, 0) is 25.6 Å². The van der Waals surface area contributed by atoms with E-state index in [1.807, 2.05) is 6.92 Å². The van der Waals surface area contributed by atoms with Gasteiger partial charge in [0.15, 0.2) is 5.82 Å². The van der Waals surface area contributed by atoms with Gasteiger partial charge in [0.05, 0.1) is 11.9 Å². The monoisotopic (exact) mass is 329 g/mol. The summed E-state index contributed by atoms with van der Waals surface area (Å²) in [5.74, 6) is -0.707. The summed E-state index contributed by atoms with van der Waals surface area (Å²) in [6.07, 6.45) is 2.30. The van der Waals surface area contributed by atoms with Gasteiger partial charge < -0.3 is 5.32 Å². The minimum atomic E-state index is -3.81. The Bertz CT molecular complexity index is 729. The molecule has 0 amide bonds. The molecule has 0 aromatic carbocycles. The summed E-state index contributed by atoms with van der Waals surface area (Å²) in [4.78, 5) is 5.36. The molecule has 0 fully saturated rings. The summed E-state index contributed by atoms with van der Waals surface area (Å²) in [6, 6.07) is 2.90. The van der Waals surface area contributed by atoms with Gasteiger partial charge in [0.25, 0.3) is 10.0 Å². The topological polar surface area (TPSA) is 71.1 Å². The summed E-state index contributed by atoms with van der Waals surface area (Å²) < 4.78 is 40.5. The van der Waals surface area contributed by atoms with Gasteiger partial charge in [-0.3, -0.25) is 9.71 Å². The number of pyridine rings is 1. The number of thiophene rings is 1. The highest BCUT2D eigenvalue weighted by Gasteiger charge is 2.21. The molecule has 0 bridgehead atoms. The third kappa shape index (κ3) is 3.78. The summed E-state index contributed by atoms with van der Waals surface area (Å²) in [6.45, 7) is 5.13. The molecule has 2 aromatic heterocycles. The first-order chi connectivity index (χ1) is 9.94. The fraction of sp³-hybridized carbons (Fsp3) is 0.308. The first-order valence-corrected chi connectivity index (χ1v) is 8.66. The Morgan fingerprint density at radius 2 is 2.19 bits per heavy atom. The first-order valence-electron chi connectivity index (χ1n) is 6.36. The van der Waals surface area contributed by atoms with E-state index < -0.39 is 15.8 Å². The number of hydrogen-bond acceptors (Lipinski definition) is 5. The lowest BCUT2D eigenvalue weighted by molar-refractivity contribution is 0.597. The van der Waals surface area contributed by atoms with Crippen molar-refractivity contribution in [3.05, 3.63) is 40.1 Å². The predicted octanol–water partition coefficient (Wildman–Crippen LogP) is 2.50. The average molecular weight is 329 g/mol. The number of sulfonamides is 1. The molecule has 0 spiro atoms. The second kappa shape index (κ2) is 6.50. The molecule has 0 aliphatic carbocycles. The zero-order valence-corrected chi connectivity index (χ0v) is 13.3. The van der Waals surface area contributed by atoms with Crippen molar-refractivity contribution in [2.24, 2.45) is 0 Å². The number of hydrogen-bond donors (Lipinski definition) is 2. The number of nitrogens with one attached hydrogen (secondary N) is 2. The highest BCUT2D eigenvalue weighted by Crippen LogP contribution is 2.27. The lowest BCUT2D eigenvalue weighted by Crippen LogP contribution is -2.14. The van der Waals surface area contributed by atoms with Crippen LogP contribution in [0.15, 0.2) is 29.4 Å². The second-order valence-corrected chi connectivity index (χ2v) is 7.37. The molecule has 0 aliphatic heterocycles. The molecule has 0 unspecified atom stereocenters. The maximum atomic E-state index is 13.5. The Kier molecular flexibility index (Phi) is 4.92. The maximum absolute atomic E-state index is 13.5. The zero-order chi connectivity index (χ0) is 15.5. The molecule has 2 N–H and O–H groups in total. The summed E-state index contributed by atoms with van der Waals surface area (Å²) in [5.41, 5.74) is -0.108. The Morgan fingerprint density at radius 1 is 1.43 bits per heavy atom. The van der Waals surface area contributed by atoms with Gasteiger partial charge in [0.1, 0.15) is 4.90 Å². The SMILES string of the molecule is CCNCc1cc(S(=O)(=O)Nc2ccncc2F)c(C)s1. The smallest absolute Gasteiger partial charge is 0.263 e. The van der Waals surface area contributed by atoms with E-state index in [-0.39, 0.29) is 10.6 Å². The summed E-state index contributed by atoms with van der Waals surface area (Å²) in [5, 5.41) is 3.14. The van der Waals surface area contributed by atoms with Crippen LogP contribution in [0, 0.1) is 12.7 Å². The first kappa shape index (κ1) is 15.9. The van der Waals surface area contributed by atoms with Crippen molar-refractivity contribution in [3.63, 3.8) is 0 Å². The van der Waals surface area contributed by atoms with Crippen LogP contribution in [0.5, 0.6) is 0 Å². The molecule has 2 heterocycles. The van der Waals surface area contributed by atoms with Crippen molar-refractivity contribution in [3.8, 4) is 0 Å². The van der Waals surface area contributed by atoms with E-state index in [2.05, 4.69) is 15.0 Å². The van der Waals surface area contributed by atoms with E-state index >= 15 is 0 Å². The van der Waals surface area contributed by atoms with Crippen LogP contribution in [0.2, 0.25) is 0 Å². The van der Waals surface area contributed by atoms with Crippen molar-refractivity contribution in [2.45, 2.75) is 25.3 Å². The fourth-order valence-corrected chi connectivity index (χ4v) is 4.46. The summed E-state index contributed by atoms with van der Waals surface area (Å²) >= 11 is 1.41. The van der Waals surface area contributed by atoms with Crippen LogP contribution < -0.4 is 10.0 Å². The number of halogens is 1. The number of aromatic nitrogens is 1. The molecule has 0 saturated carbocycles. The van der Waals surface area contributed by atoms with Crippen LogP contribution in [0.4, 0.5) is 10.1 Å². The molecule has 0 saturated heterocycles. The van der Waals surface area contributed by atoms with Gasteiger partial charge in [-0.15, -0.1) is 11.3 Å². The zero-order valence-electron chi connectivity index (χ0n) is 11.7. The Hall–Kier alpha value is -1.51. The molecule has 8 heteroatoms. The Balaban J connectivity index is 2.27. The van der Waals surface area contributed by atoms with Crippen LogP contribution in [-0.4, -0.2) is 19.9 Å². The van der Waals surface area contributed by atoms with Gasteiger partial charge in [-0.1, -0.05) is 6.92 Å². The van der Waals surface area contributed by atoms with Gasteiger partial charge in [-0.2, -0.15) is 0 Å². The molecule has 2 rings (SSSR count).